The topological polar surface area (TPSA) is 89.7 Å². The fourth-order valence-corrected chi connectivity index (χ4v) is 6.42. The van der Waals surface area contributed by atoms with Crippen LogP contribution < -0.4 is 4.74 Å². The summed E-state index contributed by atoms with van der Waals surface area (Å²) in [6, 6.07) is 15.4. The first-order valence-corrected chi connectivity index (χ1v) is 14.9. The summed E-state index contributed by atoms with van der Waals surface area (Å²) < 4.78 is 14.6. The van der Waals surface area contributed by atoms with Crippen molar-refractivity contribution < 1.29 is 19.4 Å². The van der Waals surface area contributed by atoms with Crippen molar-refractivity contribution in [3.8, 4) is 5.75 Å². The summed E-state index contributed by atoms with van der Waals surface area (Å²) in [5.74, 6) is 1.35. The van der Waals surface area contributed by atoms with Crippen molar-refractivity contribution in [2.24, 2.45) is 0 Å². The molecule has 8 nitrogen and oxygen atoms in total. The first-order chi connectivity index (χ1) is 20.4. The van der Waals surface area contributed by atoms with Gasteiger partial charge in [0.05, 0.1) is 46.5 Å². The molecule has 7 rings (SSSR count). The lowest BCUT2D eigenvalue weighted by molar-refractivity contribution is -0.0592. The van der Waals surface area contributed by atoms with Gasteiger partial charge in [-0.25, -0.2) is 9.78 Å². The Balaban J connectivity index is 1.09. The lowest BCUT2D eigenvalue weighted by Crippen LogP contribution is -2.36. The molecule has 42 heavy (non-hydrogen) atoms. The van der Waals surface area contributed by atoms with Crippen molar-refractivity contribution >= 4 is 34.7 Å². The lowest BCUT2D eigenvalue weighted by atomic mass is 9.86. The van der Waals surface area contributed by atoms with Crippen LogP contribution in [0.25, 0.3) is 17.1 Å². The maximum absolute atomic E-state index is 11.6. The SMILES string of the molecule is C[C@]1(c2ccc(Cl)cn2)C=Cc2cccc(C3CCN(Cc4nc5ccc(C(=O)O)cc5n4C[C@@H]4CCO4)CC3)c2O1. The molecule has 0 radical (unpaired) electrons. The van der Waals surface area contributed by atoms with Gasteiger partial charge in [-0.3, -0.25) is 9.88 Å². The van der Waals surface area contributed by atoms with E-state index in [-0.39, 0.29) is 11.7 Å². The van der Waals surface area contributed by atoms with Crippen LogP contribution in [0.5, 0.6) is 5.75 Å². The number of likely N-dealkylation sites (tertiary alicyclic amines) is 1. The third-order valence-electron chi connectivity index (χ3n) is 8.85. The van der Waals surface area contributed by atoms with Crippen molar-refractivity contribution in [2.75, 3.05) is 19.7 Å². The second-order valence-electron chi connectivity index (χ2n) is 11.6. The van der Waals surface area contributed by atoms with Crippen molar-refractivity contribution in [1.82, 2.24) is 19.4 Å². The number of benzene rings is 2. The molecule has 2 fully saturated rings. The Kier molecular flexibility index (Phi) is 7.00. The lowest BCUT2D eigenvalue weighted by Gasteiger charge is -2.36. The Morgan fingerprint density at radius 2 is 1.98 bits per heavy atom. The maximum atomic E-state index is 11.6. The number of halogens is 1. The van der Waals surface area contributed by atoms with Gasteiger partial charge in [0.2, 0.25) is 0 Å². The molecule has 0 aliphatic carbocycles. The monoisotopic (exact) mass is 584 g/mol. The highest BCUT2D eigenvalue weighted by Gasteiger charge is 2.34. The van der Waals surface area contributed by atoms with Crippen molar-refractivity contribution in [2.45, 2.75) is 56.9 Å². The van der Waals surface area contributed by atoms with E-state index in [1.807, 2.05) is 25.1 Å². The number of imidazole rings is 1. The van der Waals surface area contributed by atoms with Gasteiger partial charge in [0.25, 0.3) is 0 Å². The predicted octanol–water partition coefficient (Wildman–Crippen LogP) is 6.27. The van der Waals surface area contributed by atoms with Crippen molar-refractivity contribution in [3.63, 3.8) is 0 Å². The third-order valence-corrected chi connectivity index (χ3v) is 9.08. The zero-order chi connectivity index (χ0) is 28.8. The molecule has 2 aromatic carbocycles. The molecule has 5 heterocycles. The first-order valence-electron chi connectivity index (χ1n) is 14.6. The number of fused-ring (bicyclic) bond motifs is 2. The molecule has 1 N–H and O–H groups in total. The van der Waals surface area contributed by atoms with Crippen LogP contribution in [-0.4, -0.2) is 56.3 Å². The maximum Gasteiger partial charge on any atom is 0.335 e. The minimum absolute atomic E-state index is 0.146. The van der Waals surface area contributed by atoms with Crippen LogP contribution in [0, 0.1) is 0 Å². The van der Waals surface area contributed by atoms with Gasteiger partial charge >= 0.3 is 5.97 Å². The van der Waals surface area contributed by atoms with E-state index in [0.29, 0.717) is 24.0 Å². The molecule has 0 bridgehead atoms. The average molecular weight is 585 g/mol. The minimum atomic E-state index is -0.930. The number of ether oxygens (including phenoxy) is 2. The van der Waals surface area contributed by atoms with Crippen molar-refractivity contribution in [1.29, 1.82) is 0 Å². The predicted molar refractivity (Wildman–Crippen MR) is 161 cm³/mol. The molecule has 216 valence electrons. The molecule has 0 unspecified atom stereocenters. The Morgan fingerprint density at radius 1 is 1.14 bits per heavy atom. The number of hydrogen-bond acceptors (Lipinski definition) is 6. The number of hydrogen-bond donors (Lipinski definition) is 1. The van der Waals surface area contributed by atoms with Gasteiger partial charge in [-0.1, -0.05) is 35.9 Å². The normalized spacial score (nSPS) is 22.5. The number of nitrogens with zero attached hydrogens (tertiary/aromatic N) is 4. The van der Waals surface area contributed by atoms with E-state index in [1.54, 1.807) is 18.3 Å². The molecule has 2 atom stereocenters. The summed E-state index contributed by atoms with van der Waals surface area (Å²) in [6.07, 6.45) is 9.04. The largest absolute Gasteiger partial charge is 0.478 e. The standard InChI is InChI=1S/C33H33ClN4O4/c1-33(29-8-6-24(34)18-35-29)13-9-22-3-2-4-26(31(22)42-33)21-10-14-37(15-11-21)20-30-36-27-7-5-23(32(39)40)17-28(27)38(30)19-25-12-16-41-25/h2-9,13,17-18,21,25H,10-12,14-16,19-20H2,1H3,(H,39,40)/t25-,33+/m0/s1. The molecule has 0 amide bonds. The smallest absolute Gasteiger partial charge is 0.335 e. The molecule has 3 aliphatic rings. The second kappa shape index (κ2) is 10.8. The van der Waals surface area contributed by atoms with Crippen LogP contribution >= 0.6 is 11.6 Å². The van der Waals surface area contributed by atoms with Crippen LogP contribution in [0.3, 0.4) is 0 Å². The Morgan fingerprint density at radius 3 is 2.69 bits per heavy atom. The number of carboxylic acid groups (broad SMARTS) is 1. The highest BCUT2D eigenvalue weighted by molar-refractivity contribution is 6.30. The summed E-state index contributed by atoms with van der Waals surface area (Å²) in [5, 5.41) is 10.2. The summed E-state index contributed by atoms with van der Waals surface area (Å²) in [4.78, 5) is 23.6. The molecule has 4 aromatic rings. The van der Waals surface area contributed by atoms with E-state index in [4.69, 9.17) is 26.1 Å². The van der Waals surface area contributed by atoms with Crippen LogP contribution in [0.1, 0.15) is 65.1 Å². The van der Waals surface area contributed by atoms with E-state index in [0.717, 1.165) is 72.8 Å². The number of carboxylic acids is 1. The third kappa shape index (κ3) is 5.08. The van der Waals surface area contributed by atoms with Gasteiger partial charge in [0.1, 0.15) is 11.6 Å². The number of carbonyl (C=O) groups is 1. The van der Waals surface area contributed by atoms with Crippen molar-refractivity contribution in [3.05, 3.63) is 94.0 Å². The number of pyridine rings is 1. The fourth-order valence-electron chi connectivity index (χ4n) is 6.31. The van der Waals surface area contributed by atoms with E-state index >= 15 is 0 Å². The van der Waals surface area contributed by atoms with Gasteiger partial charge in [-0.05, 0) is 87.2 Å². The zero-order valence-electron chi connectivity index (χ0n) is 23.5. The van der Waals surface area contributed by atoms with E-state index in [1.165, 1.54) is 5.56 Å². The highest BCUT2D eigenvalue weighted by Crippen LogP contribution is 2.43. The molecule has 3 aliphatic heterocycles. The zero-order valence-corrected chi connectivity index (χ0v) is 24.3. The van der Waals surface area contributed by atoms with Gasteiger partial charge in [-0.2, -0.15) is 0 Å². The highest BCUT2D eigenvalue weighted by atomic mass is 35.5. The van der Waals surface area contributed by atoms with Crippen LogP contribution in [0.15, 0.2) is 60.8 Å². The van der Waals surface area contributed by atoms with E-state index in [2.05, 4.69) is 44.8 Å². The quantitative estimate of drug-likeness (QED) is 0.274. The van der Waals surface area contributed by atoms with E-state index < -0.39 is 11.6 Å². The first kappa shape index (κ1) is 27.1. The average Bonchev–Trinajstić information content (AvgIpc) is 3.31. The molecule has 2 saturated heterocycles. The van der Waals surface area contributed by atoms with Gasteiger partial charge in [0.15, 0.2) is 5.60 Å². The van der Waals surface area contributed by atoms with Gasteiger partial charge < -0.3 is 19.1 Å². The fraction of sp³-hybridized carbons (Fsp3) is 0.364. The molecule has 0 spiro atoms. The molecular weight excluding hydrogens is 552 g/mol. The summed E-state index contributed by atoms with van der Waals surface area (Å²) >= 11 is 6.09. The summed E-state index contributed by atoms with van der Waals surface area (Å²) in [7, 11) is 0. The Labute approximate surface area is 249 Å². The van der Waals surface area contributed by atoms with Gasteiger partial charge in [-0.15, -0.1) is 0 Å². The second-order valence-corrected chi connectivity index (χ2v) is 12.1. The summed E-state index contributed by atoms with van der Waals surface area (Å²) in [6.45, 7) is 6.09. The summed E-state index contributed by atoms with van der Waals surface area (Å²) in [5.41, 5.74) is 4.44. The number of rotatable bonds is 7. The molecule has 9 heteroatoms. The number of aromatic carboxylic acids is 1. The van der Waals surface area contributed by atoms with E-state index in [9.17, 15) is 9.90 Å². The molecule has 0 saturated carbocycles. The van der Waals surface area contributed by atoms with Crippen LogP contribution in [0.4, 0.5) is 0 Å². The van der Waals surface area contributed by atoms with Crippen LogP contribution in [0.2, 0.25) is 5.02 Å². The van der Waals surface area contributed by atoms with Gasteiger partial charge in [0, 0.05) is 18.4 Å². The molecular formula is C33H33ClN4O4. The Bertz CT molecular complexity index is 1670. The minimum Gasteiger partial charge on any atom is -0.478 e. The Hall–Kier alpha value is -3.72. The number of aromatic nitrogens is 3. The molecule has 2 aromatic heterocycles. The number of para-hydroxylation sites is 1. The van der Waals surface area contributed by atoms with Crippen LogP contribution in [-0.2, 0) is 23.4 Å². The number of piperidine rings is 1.